The van der Waals surface area contributed by atoms with Gasteiger partial charge in [-0.3, -0.25) is 0 Å². The number of benzene rings is 1. The molecule has 1 aromatic carbocycles. The van der Waals surface area contributed by atoms with Crippen LogP contribution < -0.4 is 4.74 Å². The number of rotatable bonds is 5. The van der Waals surface area contributed by atoms with Gasteiger partial charge < -0.3 is 19.6 Å². The molecule has 29 heavy (non-hydrogen) atoms. The molecule has 2 aliphatic rings. The van der Waals surface area contributed by atoms with Crippen molar-refractivity contribution in [2.24, 2.45) is 0 Å². The van der Waals surface area contributed by atoms with E-state index in [9.17, 15) is 18.3 Å². The van der Waals surface area contributed by atoms with Crippen LogP contribution in [0.15, 0.2) is 24.3 Å². The van der Waals surface area contributed by atoms with Crippen molar-refractivity contribution in [1.82, 2.24) is 9.80 Å². The second-order valence-electron chi connectivity index (χ2n) is 7.94. The first-order chi connectivity index (χ1) is 12.8. The lowest BCUT2D eigenvalue weighted by molar-refractivity contribution is -0.274. The summed E-state index contributed by atoms with van der Waals surface area (Å²) in [5, 5.41) is 11.4. The minimum atomic E-state index is -4.71. The summed E-state index contributed by atoms with van der Waals surface area (Å²) in [6.07, 6.45) is -0.331. The fourth-order valence-electron chi connectivity index (χ4n) is 4.32. The van der Waals surface area contributed by atoms with Crippen LogP contribution in [0.25, 0.3) is 0 Å². The number of piperazine rings is 1. The molecule has 0 radical (unpaired) electrons. The van der Waals surface area contributed by atoms with Gasteiger partial charge in [0.25, 0.3) is 0 Å². The van der Waals surface area contributed by atoms with Crippen molar-refractivity contribution in [2.75, 3.05) is 39.8 Å². The highest BCUT2D eigenvalue weighted by Gasteiger charge is 2.40. The van der Waals surface area contributed by atoms with E-state index in [1.807, 2.05) is 6.07 Å². The van der Waals surface area contributed by atoms with Crippen LogP contribution in [0.1, 0.15) is 43.6 Å². The predicted octanol–water partition coefficient (Wildman–Crippen LogP) is 4.46. The molecule has 1 N–H and O–H groups in total. The van der Waals surface area contributed by atoms with Crippen LogP contribution in [0.4, 0.5) is 13.2 Å². The number of alkyl halides is 3. The molecule has 1 atom stereocenters. The van der Waals surface area contributed by atoms with Crippen molar-refractivity contribution in [3.63, 3.8) is 0 Å². The minimum Gasteiger partial charge on any atom is -0.406 e. The third kappa shape index (κ3) is 7.47. The number of nitrogens with zero attached hydrogens (tertiary/aromatic N) is 2. The van der Waals surface area contributed by atoms with E-state index in [1.165, 1.54) is 12.1 Å². The van der Waals surface area contributed by atoms with Gasteiger partial charge in [0.15, 0.2) is 0 Å². The molecule has 2 fully saturated rings. The lowest BCUT2D eigenvalue weighted by Crippen LogP contribution is -2.50. The van der Waals surface area contributed by atoms with Gasteiger partial charge in [-0.1, -0.05) is 31.4 Å². The Hall–Kier alpha value is -0.730. The maximum absolute atomic E-state index is 12.6. The van der Waals surface area contributed by atoms with Crippen molar-refractivity contribution in [3.05, 3.63) is 29.8 Å². The Kier molecular flexibility index (Phi) is 10.0. The summed E-state index contributed by atoms with van der Waals surface area (Å²) in [5.41, 5.74) is -0.154. The smallest absolute Gasteiger partial charge is 0.406 e. The zero-order valence-corrected chi connectivity index (χ0v) is 18.3. The zero-order chi connectivity index (χ0) is 19.5. The Bertz CT molecular complexity index is 620. The second-order valence-corrected chi connectivity index (χ2v) is 7.94. The summed E-state index contributed by atoms with van der Waals surface area (Å²) < 4.78 is 42.0. The molecule has 1 saturated heterocycles. The molecule has 4 nitrogen and oxygen atoms in total. The molecule has 1 aliphatic heterocycles. The molecule has 0 aromatic heterocycles. The molecule has 0 spiro atoms. The minimum absolute atomic E-state index is 0. The van der Waals surface area contributed by atoms with Crippen LogP contribution in [0, 0.1) is 0 Å². The van der Waals surface area contributed by atoms with Gasteiger partial charge in [0, 0.05) is 38.6 Å². The van der Waals surface area contributed by atoms with Crippen molar-refractivity contribution in [1.29, 1.82) is 0 Å². The van der Waals surface area contributed by atoms with Gasteiger partial charge in [0.1, 0.15) is 5.75 Å². The van der Waals surface area contributed by atoms with Crippen LogP contribution in [-0.4, -0.2) is 66.6 Å². The first-order valence-electron chi connectivity index (χ1n) is 9.74. The number of hydrogen-bond acceptors (Lipinski definition) is 4. The molecular weight excluding hydrogens is 428 g/mol. The average molecular weight is 459 g/mol. The van der Waals surface area contributed by atoms with Crippen molar-refractivity contribution < 1.29 is 23.0 Å². The lowest BCUT2D eigenvalue weighted by Gasteiger charge is -2.43. The van der Waals surface area contributed by atoms with E-state index in [4.69, 9.17) is 0 Å². The van der Waals surface area contributed by atoms with Gasteiger partial charge in [-0.25, -0.2) is 0 Å². The first-order valence-corrected chi connectivity index (χ1v) is 9.74. The summed E-state index contributed by atoms with van der Waals surface area (Å²) in [6, 6.07) is 6.16. The highest BCUT2D eigenvalue weighted by atomic mass is 35.5. The second kappa shape index (κ2) is 11.0. The molecular formula is C20H31Cl2F3N2O2. The van der Waals surface area contributed by atoms with E-state index in [0.717, 1.165) is 51.0 Å². The fourth-order valence-corrected chi connectivity index (χ4v) is 4.32. The summed E-state index contributed by atoms with van der Waals surface area (Å²) in [4.78, 5) is 4.58. The molecule has 1 aliphatic carbocycles. The Morgan fingerprint density at radius 3 is 2.28 bits per heavy atom. The number of ether oxygens (including phenoxy) is 1. The number of aliphatic hydroxyl groups is 1. The fraction of sp³-hybridized carbons (Fsp3) is 0.700. The highest BCUT2D eigenvalue weighted by Crippen LogP contribution is 2.41. The number of halogens is 5. The molecule has 1 saturated carbocycles. The van der Waals surface area contributed by atoms with E-state index in [1.54, 1.807) is 6.07 Å². The van der Waals surface area contributed by atoms with E-state index in [0.29, 0.717) is 19.4 Å². The van der Waals surface area contributed by atoms with Crippen molar-refractivity contribution in [3.8, 4) is 5.75 Å². The molecule has 1 heterocycles. The number of hydrogen-bond donors (Lipinski definition) is 1. The van der Waals surface area contributed by atoms with Gasteiger partial charge in [-0.15, -0.1) is 38.0 Å². The maximum Gasteiger partial charge on any atom is 0.573 e. The molecule has 0 amide bonds. The van der Waals surface area contributed by atoms with Crippen LogP contribution in [0.2, 0.25) is 0 Å². The Labute approximate surface area is 183 Å². The molecule has 168 valence electrons. The van der Waals surface area contributed by atoms with Crippen LogP contribution in [-0.2, 0) is 0 Å². The molecule has 9 heteroatoms. The van der Waals surface area contributed by atoms with Gasteiger partial charge in [-0.2, -0.15) is 0 Å². The summed E-state index contributed by atoms with van der Waals surface area (Å²) in [6.45, 7) is 4.38. The normalized spacial score (nSPS) is 21.6. The van der Waals surface area contributed by atoms with Crippen LogP contribution in [0.5, 0.6) is 5.75 Å². The van der Waals surface area contributed by atoms with Gasteiger partial charge in [0.05, 0.1) is 5.60 Å². The van der Waals surface area contributed by atoms with Gasteiger partial charge >= 0.3 is 6.36 Å². The van der Waals surface area contributed by atoms with E-state index in [-0.39, 0.29) is 36.5 Å². The summed E-state index contributed by atoms with van der Waals surface area (Å²) >= 11 is 0. The number of likely N-dealkylation sites (N-methyl/N-ethyl adjacent to an activating group) is 1. The standard InChI is InChI=1S/C20H29F3N2O2.2ClH/c1-24-10-12-25(13-11-24)15-18(19(26)8-3-2-4-9-19)16-6-5-7-17(14-16)27-20(21,22)23;;/h5-7,14,18,26H,2-4,8-13,15H2,1H3;2*1H/t18-;;/m1../s1. The van der Waals surface area contributed by atoms with Gasteiger partial charge in [0.2, 0.25) is 0 Å². The summed E-state index contributed by atoms with van der Waals surface area (Å²) in [7, 11) is 2.08. The quantitative estimate of drug-likeness (QED) is 0.706. The van der Waals surface area contributed by atoms with Crippen LogP contribution >= 0.6 is 24.8 Å². The average Bonchev–Trinajstić information content (AvgIpc) is 2.60. The first kappa shape index (κ1) is 26.3. The highest BCUT2D eigenvalue weighted by molar-refractivity contribution is 5.85. The maximum atomic E-state index is 12.6. The molecule has 1 aromatic rings. The molecule has 0 bridgehead atoms. The lowest BCUT2D eigenvalue weighted by atomic mass is 9.72. The molecule has 3 rings (SSSR count). The van der Waals surface area contributed by atoms with Crippen molar-refractivity contribution in [2.45, 2.75) is 50.0 Å². The van der Waals surface area contributed by atoms with Gasteiger partial charge in [-0.05, 0) is 37.6 Å². The van der Waals surface area contributed by atoms with Crippen molar-refractivity contribution >= 4 is 24.8 Å². The Balaban J connectivity index is 0.00000210. The Morgan fingerprint density at radius 1 is 1.07 bits per heavy atom. The van der Waals surface area contributed by atoms with E-state index < -0.39 is 12.0 Å². The largest absolute Gasteiger partial charge is 0.573 e. The molecule has 0 unspecified atom stereocenters. The summed E-state index contributed by atoms with van der Waals surface area (Å²) in [5.74, 6) is -0.444. The van der Waals surface area contributed by atoms with Crippen LogP contribution in [0.3, 0.4) is 0 Å². The Morgan fingerprint density at radius 2 is 1.69 bits per heavy atom. The zero-order valence-electron chi connectivity index (χ0n) is 16.7. The monoisotopic (exact) mass is 458 g/mol. The van der Waals surface area contributed by atoms with E-state index in [2.05, 4.69) is 21.6 Å². The third-order valence-corrected chi connectivity index (χ3v) is 5.90. The predicted molar refractivity (Wildman–Crippen MR) is 112 cm³/mol. The SMILES string of the molecule is CN1CCN(C[C@H](c2cccc(OC(F)(F)F)c2)C2(O)CCCCC2)CC1.Cl.Cl. The topological polar surface area (TPSA) is 35.9 Å². The third-order valence-electron chi connectivity index (χ3n) is 5.90. The van der Waals surface area contributed by atoms with E-state index >= 15 is 0 Å².